The Morgan fingerprint density at radius 3 is 2.58 bits per heavy atom. The van der Waals surface area contributed by atoms with Crippen LogP contribution in [0.5, 0.6) is 0 Å². The summed E-state index contributed by atoms with van der Waals surface area (Å²) in [6.45, 7) is 0.265. The van der Waals surface area contributed by atoms with Crippen LogP contribution in [0.15, 0.2) is 30.3 Å². The normalized spacial score (nSPS) is 26.5. The lowest BCUT2D eigenvalue weighted by atomic mass is 10.1. The van der Waals surface area contributed by atoms with Gasteiger partial charge in [-0.25, -0.2) is 4.79 Å². The van der Waals surface area contributed by atoms with Crippen molar-refractivity contribution in [1.82, 2.24) is 10.2 Å². The summed E-state index contributed by atoms with van der Waals surface area (Å²) in [5.41, 5.74) is 0.869. The van der Waals surface area contributed by atoms with Gasteiger partial charge in [-0.15, -0.1) is 0 Å². The van der Waals surface area contributed by atoms with E-state index in [-0.39, 0.29) is 6.54 Å². The summed E-state index contributed by atoms with van der Waals surface area (Å²) >= 11 is 0.797. The number of ether oxygens (including phenoxy) is 1. The predicted octanol–water partition coefficient (Wildman–Crippen LogP) is 1.49. The molecule has 98 valence electrons. The minimum absolute atomic E-state index is 0.265. The molecule has 2 atom stereocenters. The number of thioether (sulfide) groups is 1. The van der Waals surface area contributed by atoms with E-state index in [9.17, 15) is 14.4 Å². The molecule has 1 N–H and O–H groups in total. The number of cyclic esters (lactones) is 1. The van der Waals surface area contributed by atoms with Crippen molar-refractivity contribution in [2.24, 2.45) is 0 Å². The second-order valence-electron chi connectivity index (χ2n) is 4.18. The third-order valence-corrected chi connectivity index (χ3v) is 3.97. The predicted molar refractivity (Wildman–Crippen MR) is 67.3 cm³/mol. The Kier molecular flexibility index (Phi) is 2.90. The lowest BCUT2D eigenvalue weighted by Gasteiger charge is -2.16. The number of nitrogens with zero attached hydrogens (tertiary/aromatic N) is 1. The van der Waals surface area contributed by atoms with E-state index in [1.165, 1.54) is 4.90 Å². The zero-order valence-electron chi connectivity index (χ0n) is 9.74. The highest BCUT2D eigenvalue weighted by molar-refractivity contribution is 8.15. The number of imide groups is 1. The van der Waals surface area contributed by atoms with Crippen LogP contribution in [0.25, 0.3) is 0 Å². The van der Waals surface area contributed by atoms with Gasteiger partial charge in [0, 0.05) is 0 Å². The van der Waals surface area contributed by atoms with Crippen molar-refractivity contribution >= 4 is 29.0 Å². The second kappa shape index (κ2) is 4.58. The summed E-state index contributed by atoms with van der Waals surface area (Å²) in [7, 11) is 0. The largest absolute Gasteiger partial charge is 0.439 e. The van der Waals surface area contributed by atoms with Crippen molar-refractivity contribution in [3.8, 4) is 0 Å². The van der Waals surface area contributed by atoms with Gasteiger partial charge in [0.2, 0.25) is 0 Å². The van der Waals surface area contributed by atoms with Crippen LogP contribution in [-0.4, -0.2) is 34.1 Å². The van der Waals surface area contributed by atoms with Crippen molar-refractivity contribution in [3.05, 3.63) is 35.9 Å². The molecule has 19 heavy (non-hydrogen) atoms. The summed E-state index contributed by atoms with van der Waals surface area (Å²) in [4.78, 5) is 35.8. The van der Waals surface area contributed by atoms with Crippen LogP contribution in [0.1, 0.15) is 11.7 Å². The molecule has 2 fully saturated rings. The van der Waals surface area contributed by atoms with Gasteiger partial charge in [-0.2, -0.15) is 0 Å². The fraction of sp³-hybridized carbons (Fsp3) is 0.250. The zero-order valence-corrected chi connectivity index (χ0v) is 10.6. The van der Waals surface area contributed by atoms with E-state index in [1.54, 1.807) is 0 Å². The zero-order chi connectivity index (χ0) is 13.4. The molecule has 6 nitrogen and oxygen atoms in total. The van der Waals surface area contributed by atoms with Crippen LogP contribution in [0.4, 0.5) is 9.59 Å². The van der Waals surface area contributed by atoms with Crippen molar-refractivity contribution in [2.45, 2.75) is 11.5 Å². The molecular weight excluding hydrogens is 268 g/mol. The second-order valence-corrected chi connectivity index (χ2v) is 5.24. The minimum Gasteiger partial charge on any atom is -0.439 e. The van der Waals surface area contributed by atoms with Gasteiger partial charge in [-0.05, 0) is 17.3 Å². The number of carbonyl (C=O) groups is 3. The number of benzene rings is 1. The maximum absolute atomic E-state index is 11.8. The molecule has 2 aliphatic heterocycles. The highest BCUT2D eigenvalue weighted by atomic mass is 32.2. The molecule has 7 heteroatoms. The average Bonchev–Trinajstić information content (AvgIpc) is 2.93. The SMILES string of the molecule is O=C1NC(=O)C(N2CC(c3ccccc3)OC2=O)S1. The van der Waals surface area contributed by atoms with E-state index in [0.717, 1.165) is 17.3 Å². The average molecular weight is 278 g/mol. The van der Waals surface area contributed by atoms with Gasteiger partial charge in [-0.3, -0.25) is 19.8 Å². The Bertz CT molecular complexity index is 548. The van der Waals surface area contributed by atoms with Crippen molar-refractivity contribution in [1.29, 1.82) is 0 Å². The first kappa shape index (κ1) is 12.0. The van der Waals surface area contributed by atoms with Crippen LogP contribution in [-0.2, 0) is 9.53 Å². The van der Waals surface area contributed by atoms with E-state index in [2.05, 4.69) is 5.32 Å². The standard InChI is InChI=1S/C12H10N2O4S/c15-9-10(19-11(16)13-9)14-6-8(18-12(14)17)7-4-2-1-3-5-7/h1-5,8,10H,6H2,(H,13,15,16). The summed E-state index contributed by atoms with van der Waals surface area (Å²) < 4.78 is 5.24. The molecule has 0 saturated carbocycles. The fourth-order valence-corrected chi connectivity index (χ4v) is 2.89. The van der Waals surface area contributed by atoms with Gasteiger partial charge in [-0.1, -0.05) is 30.3 Å². The monoisotopic (exact) mass is 278 g/mol. The van der Waals surface area contributed by atoms with Crippen molar-refractivity contribution < 1.29 is 19.1 Å². The van der Waals surface area contributed by atoms with E-state index in [0.29, 0.717) is 0 Å². The van der Waals surface area contributed by atoms with Crippen LogP contribution in [0, 0.1) is 0 Å². The van der Waals surface area contributed by atoms with Crippen LogP contribution in [0.3, 0.4) is 0 Å². The molecular formula is C12H10N2O4S. The molecule has 2 heterocycles. The summed E-state index contributed by atoms with van der Waals surface area (Å²) in [5.74, 6) is -0.472. The van der Waals surface area contributed by atoms with Crippen LogP contribution in [0.2, 0.25) is 0 Å². The van der Waals surface area contributed by atoms with E-state index in [1.807, 2.05) is 30.3 Å². The van der Waals surface area contributed by atoms with Gasteiger partial charge in [0.25, 0.3) is 11.1 Å². The molecule has 2 unspecified atom stereocenters. The minimum atomic E-state index is -0.825. The first-order valence-electron chi connectivity index (χ1n) is 5.69. The molecule has 2 aliphatic rings. The topological polar surface area (TPSA) is 75.7 Å². The highest BCUT2D eigenvalue weighted by Gasteiger charge is 2.44. The number of hydrogen-bond acceptors (Lipinski definition) is 5. The maximum atomic E-state index is 11.8. The van der Waals surface area contributed by atoms with Crippen molar-refractivity contribution in [3.63, 3.8) is 0 Å². The smallest absolute Gasteiger partial charge is 0.411 e. The molecule has 0 aromatic heterocycles. The van der Waals surface area contributed by atoms with Gasteiger partial charge in [0.05, 0.1) is 6.54 Å². The lowest BCUT2D eigenvalue weighted by molar-refractivity contribution is -0.121. The molecule has 3 rings (SSSR count). The fourth-order valence-electron chi connectivity index (χ4n) is 2.06. The number of nitrogens with one attached hydrogen (secondary N) is 1. The summed E-state index contributed by atoms with van der Waals surface area (Å²) in [6, 6.07) is 9.29. The lowest BCUT2D eigenvalue weighted by Crippen LogP contribution is -2.40. The molecule has 1 aromatic rings. The molecule has 0 bridgehead atoms. The van der Waals surface area contributed by atoms with Crippen molar-refractivity contribution in [2.75, 3.05) is 6.54 Å². The third kappa shape index (κ3) is 2.17. The Balaban J connectivity index is 1.77. The summed E-state index contributed by atoms with van der Waals surface area (Å²) in [5, 5.41) is 0.890. The molecule has 0 spiro atoms. The van der Waals surface area contributed by atoms with Crippen LogP contribution < -0.4 is 5.32 Å². The highest BCUT2D eigenvalue weighted by Crippen LogP contribution is 2.32. The number of amides is 3. The molecule has 0 aliphatic carbocycles. The Hall–Kier alpha value is -2.02. The number of rotatable bonds is 2. The molecule has 1 aromatic carbocycles. The Morgan fingerprint density at radius 2 is 1.95 bits per heavy atom. The van der Waals surface area contributed by atoms with E-state index >= 15 is 0 Å². The summed E-state index contributed by atoms with van der Waals surface area (Å²) in [6.07, 6.45) is -0.978. The van der Waals surface area contributed by atoms with Gasteiger partial charge in [0.15, 0.2) is 5.37 Å². The first-order valence-corrected chi connectivity index (χ1v) is 6.57. The first-order chi connectivity index (χ1) is 9.15. The molecule has 2 saturated heterocycles. The molecule has 3 amide bonds. The molecule has 0 radical (unpaired) electrons. The Morgan fingerprint density at radius 1 is 1.21 bits per heavy atom. The van der Waals surface area contributed by atoms with Crippen LogP contribution >= 0.6 is 11.8 Å². The number of carbonyl (C=O) groups excluding carboxylic acids is 3. The van der Waals surface area contributed by atoms with Gasteiger partial charge in [0.1, 0.15) is 6.10 Å². The third-order valence-electron chi connectivity index (χ3n) is 2.96. The Labute approximate surface area is 113 Å². The quantitative estimate of drug-likeness (QED) is 0.887. The van der Waals surface area contributed by atoms with E-state index < -0.39 is 28.7 Å². The maximum Gasteiger partial charge on any atom is 0.411 e. The number of hydrogen-bond donors (Lipinski definition) is 1. The van der Waals surface area contributed by atoms with E-state index in [4.69, 9.17) is 4.74 Å². The van der Waals surface area contributed by atoms with Gasteiger partial charge < -0.3 is 4.74 Å². The van der Waals surface area contributed by atoms with Gasteiger partial charge >= 0.3 is 6.09 Å².